The summed E-state index contributed by atoms with van der Waals surface area (Å²) in [6.07, 6.45) is 2.38. The van der Waals surface area contributed by atoms with Gasteiger partial charge >= 0.3 is 0 Å². The summed E-state index contributed by atoms with van der Waals surface area (Å²) in [6.45, 7) is 7.25. The Balaban J connectivity index is 1.85. The zero-order valence-corrected chi connectivity index (χ0v) is 15.4. The Morgan fingerprint density at radius 3 is 2.62 bits per heavy atom. The van der Waals surface area contributed by atoms with E-state index in [1.54, 1.807) is 16.4 Å². The number of rotatable bonds is 3. The highest BCUT2D eigenvalue weighted by atomic mass is 32.2. The molecule has 1 aromatic rings. The normalized spacial score (nSPS) is 25.0. The molecule has 1 atom stereocenters. The van der Waals surface area contributed by atoms with Crippen molar-refractivity contribution in [1.29, 1.82) is 0 Å². The van der Waals surface area contributed by atoms with Gasteiger partial charge in [0.2, 0.25) is 0 Å². The maximum atomic E-state index is 12.8. The fraction of sp³-hybridized carbons (Fsp3) is 0.647. The maximum absolute atomic E-state index is 12.8. The summed E-state index contributed by atoms with van der Waals surface area (Å²) in [4.78, 5) is 0. The molecule has 24 heavy (non-hydrogen) atoms. The number of hydrogen-bond acceptors (Lipinski definition) is 4. The number of anilines is 1. The molecule has 2 heterocycles. The molecule has 3 rings (SSSR count). The summed E-state index contributed by atoms with van der Waals surface area (Å²) in [5, 5.41) is 0. The van der Waals surface area contributed by atoms with Crippen LogP contribution in [0, 0.1) is 5.92 Å². The molecule has 1 saturated heterocycles. The standard InChI is InChI=1S/C17H27N3O3S/c1-12-6-8-20(9-7-12)24(21,22)19-15-11-17(2,3)23-16-5-4-13(18)10-14(15)16/h4-5,10,12,15,19H,6-9,11,18H2,1-3H3. The molecule has 1 aromatic carbocycles. The van der Waals surface area contributed by atoms with Gasteiger partial charge in [-0.25, -0.2) is 0 Å². The van der Waals surface area contributed by atoms with E-state index in [4.69, 9.17) is 10.5 Å². The van der Waals surface area contributed by atoms with Crippen molar-refractivity contribution >= 4 is 15.9 Å². The van der Waals surface area contributed by atoms with Crippen LogP contribution in [-0.4, -0.2) is 31.4 Å². The van der Waals surface area contributed by atoms with Crippen molar-refractivity contribution in [3.8, 4) is 5.75 Å². The van der Waals surface area contributed by atoms with Crippen LogP contribution in [0.2, 0.25) is 0 Å². The minimum absolute atomic E-state index is 0.336. The van der Waals surface area contributed by atoms with Crippen LogP contribution in [0.5, 0.6) is 5.75 Å². The van der Waals surface area contributed by atoms with Crippen molar-refractivity contribution in [2.75, 3.05) is 18.8 Å². The first kappa shape index (κ1) is 17.5. The number of nitrogens with one attached hydrogen (secondary N) is 1. The van der Waals surface area contributed by atoms with Gasteiger partial charge in [0.05, 0.1) is 6.04 Å². The first-order valence-corrected chi connectivity index (χ1v) is 9.96. The zero-order chi connectivity index (χ0) is 17.5. The second kappa shape index (κ2) is 6.20. The van der Waals surface area contributed by atoms with E-state index < -0.39 is 15.8 Å². The molecule has 6 nitrogen and oxygen atoms in total. The molecule has 2 aliphatic heterocycles. The summed E-state index contributed by atoms with van der Waals surface area (Å²) in [5.74, 6) is 1.28. The second-order valence-electron chi connectivity index (χ2n) is 7.62. The van der Waals surface area contributed by atoms with Gasteiger partial charge in [0, 0.05) is 30.8 Å². The third-order valence-electron chi connectivity index (χ3n) is 4.86. The minimum atomic E-state index is -3.53. The lowest BCUT2D eigenvalue weighted by atomic mass is 9.90. The lowest BCUT2D eigenvalue weighted by Gasteiger charge is -2.39. The molecule has 0 aromatic heterocycles. The Morgan fingerprint density at radius 2 is 1.96 bits per heavy atom. The Morgan fingerprint density at radius 1 is 1.29 bits per heavy atom. The third-order valence-corrected chi connectivity index (χ3v) is 6.49. The first-order chi connectivity index (χ1) is 11.2. The van der Waals surface area contributed by atoms with Crippen LogP contribution in [-0.2, 0) is 10.2 Å². The average Bonchev–Trinajstić information content (AvgIpc) is 2.47. The van der Waals surface area contributed by atoms with Gasteiger partial charge < -0.3 is 10.5 Å². The first-order valence-electron chi connectivity index (χ1n) is 8.52. The van der Waals surface area contributed by atoms with E-state index in [-0.39, 0.29) is 6.04 Å². The molecule has 2 aliphatic rings. The van der Waals surface area contributed by atoms with Crippen molar-refractivity contribution in [3.63, 3.8) is 0 Å². The second-order valence-corrected chi connectivity index (χ2v) is 9.32. The molecule has 3 N–H and O–H groups in total. The Bertz CT molecular complexity index is 710. The fourth-order valence-electron chi connectivity index (χ4n) is 3.46. The topological polar surface area (TPSA) is 84.7 Å². The number of nitrogens with zero attached hydrogens (tertiary/aromatic N) is 1. The zero-order valence-electron chi connectivity index (χ0n) is 14.6. The molecule has 0 amide bonds. The summed E-state index contributed by atoms with van der Waals surface area (Å²) in [5.41, 5.74) is 6.87. The van der Waals surface area contributed by atoms with E-state index in [1.165, 1.54) is 0 Å². The quantitative estimate of drug-likeness (QED) is 0.818. The van der Waals surface area contributed by atoms with Gasteiger partial charge in [0.1, 0.15) is 11.4 Å². The summed E-state index contributed by atoms with van der Waals surface area (Å²) < 4.78 is 36.0. The molecular weight excluding hydrogens is 326 g/mol. The molecule has 0 radical (unpaired) electrons. The van der Waals surface area contributed by atoms with Gasteiger partial charge in [0.25, 0.3) is 10.2 Å². The molecule has 1 unspecified atom stereocenters. The average molecular weight is 353 g/mol. The number of nitrogens with two attached hydrogens (primary N) is 1. The Hall–Kier alpha value is -1.31. The molecular formula is C17H27N3O3S. The maximum Gasteiger partial charge on any atom is 0.280 e. The van der Waals surface area contributed by atoms with Crippen LogP contribution < -0.4 is 15.2 Å². The van der Waals surface area contributed by atoms with Gasteiger partial charge in [-0.2, -0.15) is 17.4 Å². The van der Waals surface area contributed by atoms with E-state index in [2.05, 4.69) is 11.6 Å². The molecule has 0 saturated carbocycles. The third kappa shape index (κ3) is 3.68. The van der Waals surface area contributed by atoms with Crippen molar-refractivity contribution < 1.29 is 13.2 Å². The minimum Gasteiger partial charge on any atom is -0.487 e. The number of fused-ring (bicyclic) bond motifs is 1. The van der Waals surface area contributed by atoms with E-state index in [9.17, 15) is 8.42 Å². The van der Waals surface area contributed by atoms with Crippen molar-refractivity contribution in [2.45, 2.75) is 51.7 Å². The SMILES string of the molecule is CC1CCN(S(=O)(=O)NC2CC(C)(C)Oc3ccc(N)cc32)CC1. The molecule has 0 aliphatic carbocycles. The highest BCUT2D eigenvalue weighted by Gasteiger charge is 2.37. The molecule has 134 valence electrons. The molecule has 1 fully saturated rings. The van der Waals surface area contributed by atoms with Crippen LogP contribution >= 0.6 is 0 Å². The molecule has 0 spiro atoms. The van der Waals surface area contributed by atoms with Gasteiger partial charge in [-0.3, -0.25) is 0 Å². The smallest absolute Gasteiger partial charge is 0.280 e. The number of benzene rings is 1. The summed E-state index contributed by atoms with van der Waals surface area (Å²) >= 11 is 0. The molecule has 7 heteroatoms. The van der Waals surface area contributed by atoms with Crippen LogP contribution in [0.15, 0.2) is 18.2 Å². The summed E-state index contributed by atoms with van der Waals surface area (Å²) in [6, 6.07) is 5.06. The van der Waals surface area contributed by atoms with Gasteiger partial charge in [-0.15, -0.1) is 0 Å². The van der Waals surface area contributed by atoms with E-state index in [0.29, 0.717) is 36.9 Å². The highest BCUT2D eigenvalue weighted by Crippen LogP contribution is 2.40. The number of nitrogen functional groups attached to an aromatic ring is 1. The van der Waals surface area contributed by atoms with Crippen LogP contribution in [0.4, 0.5) is 5.69 Å². The van der Waals surface area contributed by atoms with E-state index >= 15 is 0 Å². The predicted octanol–water partition coefficient (Wildman–Crippen LogP) is 2.44. The van der Waals surface area contributed by atoms with E-state index in [1.807, 2.05) is 19.9 Å². The van der Waals surface area contributed by atoms with Crippen molar-refractivity contribution in [3.05, 3.63) is 23.8 Å². The predicted molar refractivity (Wildman–Crippen MR) is 94.9 cm³/mol. The number of piperidine rings is 1. The lowest BCUT2D eigenvalue weighted by molar-refractivity contribution is 0.0698. The highest BCUT2D eigenvalue weighted by molar-refractivity contribution is 7.87. The van der Waals surface area contributed by atoms with Gasteiger partial charge in [-0.1, -0.05) is 6.92 Å². The van der Waals surface area contributed by atoms with Gasteiger partial charge in [0.15, 0.2) is 0 Å². The Labute approximate surface area is 144 Å². The monoisotopic (exact) mass is 353 g/mol. The number of ether oxygens (including phenoxy) is 1. The van der Waals surface area contributed by atoms with E-state index in [0.717, 1.165) is 18.4 Å². The Kier molecular flexibility index (Phi) is 4.53. The van der Waals surface area contributed by atoms with Crippen LogP contribution in [0.1, 0.15) is 51.6 Å². The lowest BCUT2D eigenvalue weighted by Crippen LogP contribution is -2.48. The van der Waals surface area contributed by atoms with Crippen molar-refractivity contribution in [1.82, 2.24) is 9.03 Å². The van der Waals surface area contributed by atoms with Crippen molar-refractivity contribution in [2.24, 2.45) is 5.92 Å². The fourth-order valence-corrected chi connectivity index (χ4v) is 4.87. The van der Waals surface area contributed by atoms with Crippen LogP contribution in [0.3, 0.4) is 0 Å². The summed E-state index contributed by atoms with van der Waals surface area (Å²) in [7, 11) is -3.53. The molecule has 0 bridgehead atoms. The largest absolute Gasteiger partial charge is 0.487 e. The van der Waals surface area contributed by atoms with Gasteiger partial charge in [-0.05, 0) is 50.8 Å². The number of hydrogen-bond donors (Lipinski definition) is 2. The van der Waals surface area contributed by atoms with Crippen LogP contribution in [0.25, 0.3) is 0 Å².